The minimum atomic E-state index is -3.60. The molecule has 0 bridgehead atoms. The third kappa shape index (κ3) is 3.97. The van der Waals surface area contributed by atoms with Crippen LogP contribution >= 0.6 is 0 Å². The molecular formula is C22H27N3O4S. The maximum absolute atomic E-state index is 13.3. The maximum Gasteiger partial charge on any atom is 0.259 e. The predicted octanol–water partition coefficient (Wildman–Crippen LogP) is 2.42. The zero-order valence-electron chi connectivity index (χ0n) is 17.5. The van der Waals surface area contributed by atoms with Crippen molar-refractivity contribution < 1.29 is 18.0 Å². The number of nitrogens with zero attached hydrogens (tertiary/aromatic N) is 2. The topological polar surface area (TPSA) is 86.8 Å². The molecule has 0 saturated heterocycles. The lowest BCUT2D eigenvalue weighted by Crippen LogP contribution is -2.48. The van der Waals surface area contributed by atoms with Gasteiger partial charge in [-0.05, 0) is 42.8 Å². The van der Waals surface area contributed by atoms with E-state index >= 15 is 0 Å². The molecule has 1 aliphatic rings. The van der Waals surface area contributed by atoms with E-state index in [1.807, 2.05) is 31.2 Å². The molecule has 1 unspecified atom stereocenters. The minimum absolute atomic E-state index is 0.143. The second kappa shape index (κ2) is 8.97. The Kier molecular flexibility index (Phi) is 6.58. The summed E-state index contributed by atoms with van der Waals surface area (Å²) in [6.45, 7) is 6.62. The lowest BCUT2D eigenvalue weighted by atomic mass is 10.1. The number of nitrogens with one attached hydrogen (secondary N) is 1. The highest BCUT2D eigenvalue weighted by molar-refractivity contribution is 7.89. The number of rotatable bonds is 7. The first kappa shape index (κ1) is 22.0. The average Bonchev–Trinajstić information content (AvgIpc) is 3.14. The van der Waals surface area contributed by atoms with Crippen molar-refractivity contribution in [1.29, 1.82) is 0 Å². The fraction of sp³-hybridized carbons (Fsp3) is 0.364. The van der Waals surface area contributed by atoms with Crippen molar-refractivity contribution in [3.63, 3.8) is 0 Å². The Bertz CT molecular complexity index is 1030. The first-order chi connectivity index (χ1) is 14.3. The largest absolute Gasteiger partial charge is 0.355 e. The second-order valence-electron chi connectivity index (χ2n) is 7.03. The normalized spacial score (nSPS) is 15.9. The number of amides is 2. The van der Waals surface area contributed by atoms with Crippen molar-refractivity contribution in [2.45, 2.75) is 38.1 Å². The summed E-state index contributed by atoms with van der Waals surface area (Å²) in [6, 6.07) is 12.7. The van der Waals surface area contributed by atoms with Crippen molar-refractivity contribution in [1.82, 2.24) is 9.62 Å². The SMILES string of the molecule is CCNC(=O)C1Cc2ccccc2N1C(=O)c1ccc(S(=O)(=O)N(CC)CC)cc1. The van der Waals surface area contributed by atoms with Crippen molar-refractivity contribution in [3.05, 3.63) is 59.7 Å². The van der Waals surface area contributed by atoms with Crippen LogP contribution in [0.3, 0.4) is 0 Å². The number of carbonyl (C=O) groups is 2. The van der Waals surface area contributed by atoms with Gasteiger partial charge in [0, 0.05) is 37.3 Å². The van der Waals surface area contributed by atoms with Crippen LogP contribution in [-0.2, 0) is 21.2 Å². The van der Waals surface area contributed by atoms with E-state index in [1.165, 1.54) is 33.5 Å². The predicted molar refractivity (Wildman–Crippen MR) is 116 cm³/mol. The van der Waals surface area contributed by atoms with Crippen LogP contribution in [0.25, 0.3) is 0 Å². The standard InChI is InChI=1S/C22H27N3O4S/c1-4-23-21(26)20-15-17-9-7-8-10-19(17)25(20)22(27)16-11-13-18(14-12-16)30(28,29)24(5-2)6-3/h7-14,20H,4-6,15H2,1-3H3,(H,23,26). The molecule has 8 heteroatoms. The molecule has 30 heavy (non-hydrogen) atoms. The molecule has 160 valence electrons. The minimum Gasteiger partial charge on any atom is -0.355 e. The van der Waals surface area contributed by atoms with Crippen LogP contribution in [0.4, 0.5) is 5.69 Å². The molecule has 3 rings (SSSR count). The number of fused-ring (bicyclic) bond motifs is 1. The summed E-state index contributed by atoms with van der Waals surface area (Å²) in [6.07, 6.45) is 0.447. The monoisotopic (exact) mass is 429 g/mol. The van der Waals surface area contributed by atoms with E-state index in [4.69, 9.17) is 0 Å². The Balaban J connectivity index is 1.93. The molecule has 2 aromatic carbocycles. The highest BCUT2D eigenvalue weighted by Gasteiger charge is 2.38. The van der Waals surface area contributed by atoms with Crippen LogP contribution in [0.5, 0.6) is 0 Å². The van der Waals surface area contributed by atoms with Gasteiger partial charge in [-0.3, -0.25) is 14.5 Å². The Hall–Kier alpha value is -2.71. The second-order valence-corrected chi connectivity index (χ2v) is 8.97. The zero-order valence-corrected chi connectivity index (χ0v) is 18.3. The van der Waals surface area contributed by atoms with Gasteiger partial charge in [0.25, 0.3) is 5.91 Å². The Labute approximate surface area is 177 Å². The van der Waals surface area contributed by atoms with Gasteiger partial charge in [-0.25, -0.2) is 8.42 Å². The van der Waals surface area contributed by atoms with E-state index in [1.54, 1.807) is 13.8 Å². The number of hydrogen-bond donors (Lipinski definition) is 1. The molecule has 2 aromatic rings. The summed E-state index contributed by atoms with van der Waals surface area (Å²) in [5, 5.41) is 2.80. The van der Waals surface area contributed by atoms with Crippen LogP contribution in [0.15, 0.2) is 53.4 Å². The average molecular weight is 430 g/mol. The van der Waals surface area contributed by atoms with Gasteiger partial charge in [0.1, 0.15) is 6.04 Å². The smallest absolute Gasteiger partial charge is 0.259 e. The highest BCUT2D eigenvalue weighted by Crippen LogP contribution is 2.33. The maximum atomic E-state index is 13.3. The van der Waals surface area contributed by atoms with Crippen LogP contribution < -0.4 is 10.2 Å². The summed E-state index contributed by atoms with van der Waals surface area (Å²) in [5.41, 5.74) is 1.97. The Morgan fingerprint density at radius 2 is 1.67 bits per heavy atom. The number of para-hydroxylation sites is 1. The number of anilines is 1. The highest BCUT2D eigenvalue weighted by atomic mass is 32.2. The van der Waals surface area contributed by atoms with E-state index < -0.39 is 16.1 Å². The van der Waals surface area contributed by atoms with Gasteiger partial charge in [0.05, 0.1) is 4.90 Å². The molecule has 2 amide bonds. The van der Waals surface area contributed by atoms with Gasteiger partial charge in [-0.15, -0.1) is 0 Å². The Morgan fingerprint density at radius 1 is 1.03 bits per heavy atom. The van der Waals surface area contributed by atoms with Crippen molar-refractivity contribution >= 4 is 27.5 Å². The van der Waals surface area contributed by atoms with Crippen LogP contribution in [0.1, 0.15) is 36.7 Å². The number of hydrogen-bond acceptors (Lipinski definition) is 4. The van der Waals surface area contributed by atoms with Crippen molar-refractivity contribution in [2.24, 2.45) is 0 Å². The van der Waals surface area contributed by atoms with E-state index in [0.29, 0.717) is 37.3 Å². The third-order valence-corrected chi connectivity index (χ3v) is 7.36. The number of sulfonamides is 1. The summed E-state index contributed by atoms with van der Waals surface area (Å²) < 4.78 is 26.7. The summed E-state index contributed by atoms with van der Waals surface area (Å²) >= 11 is 0. The lowest BCUT2D eigenvalue weighted by molar-refractivity contribution is -0.122. The van der Waals surface area contributed by atoms with E-state index in [0.717, 1.165) is 5.56 Å². The van der Waals surface area contributed by atoms with E-state index in [-0.39, 0.29) is 16.7 Å². The van der Waals surface area contributed by atoms with Gasteiger partial charge in [-0.2, -0.15) is 4.31 Å². The van der Waals surface area contributed by atoms with Gasteiger partial charge < -0.3 is 5.32 Å². The molecule has 0 aliphatic carbocycles. The van der Waals surface area contributed by atoms with Gasteiger partial charge in [0.2, 0.25) is 15.9 Å². The number of likely N-dealkylation sites (N-methyl/N-ethyl adjacent to an activating group) is 1. The number of benzene rings is 2. The molecule has 0 spiro atoms. The quantitative estimate of drug-likeness (QED) is 0.732. The first-order valence-corrected chi connectivity index (χ1v) is 11.6. The van der Waals surface area contributed by atoms with Gasteiger partial charge in [0.15, 0.2) is 0 Å². The number of carbonyl (C=O) groups excluding carboxylic acids is 2. The molecule has 1 atom stereocenters. The molecular weight excluding hydrogens is 402 g/mol. The fourth-order valence-electron chi connectivity index (χ4n) is 3.76. The zero-order chi connectivity index (χ0) is 21.9. The first-order valence-electron chi connectivity index (χ1n) is 10.1. The molecule has 0 saturated carbocycles. The summed E-state index contributed by atoms with van der Waals surface area (Å²) in [7, 11) is -3.60. The van der Waals surface area contributed by atoms with Gasteiger partial charge >= 0.3 is 0 Å². The van der Waals surface area contributed by atoms with E-state index in [2.05, 4.69) is 5.32 Å². The Morgan fingerprint density at radius 3 is 2.27 bits per heavy atom. The van der Waals surface area contributed by atoms with Crippen molar-refractivity contribution in [2.75, 3.05) is 24.5 Å². The molecule has 7 nitrogen and oxygen atoms in total. The summed E-state index contributed by atoms with van der Waals surface area (Å²) in [4.78, 5) is 27.6. The molecule has 0 aromatic heterocycles. The molecule has 1 heterocycles. The van der Waals surface area contributed by atoms with Crippen molar-refractivity contribution in [3.8, 4) is 0 Å². The summed E-state index contributed by atoms with van der Waals surface area (Å²) in [5.74, 6) is -0.536. The van der Waals surface area contributed by atoms with Gasteiger partial charge in [-0.1, -0.05) is 32.0 Å². The van der Waals surface area contributed by atoms with Crippen LogP contribution in [0, 0.1) is 0 Å². The molecule has 0 fully saturated rings. The van der Waals surface area contributed by atoms with Crippen LogP contribution in [0.2, 0.25) is 0 Å². The molecule has 1 aliphatic heterocycles. The van der Waals surface area contributed by atoms with Crippen LogP contribution in [-0.4, -0.2) is 50.2 Å². The molecule has 0 radical (unpaired) electrons. The molecule has 1 N–H and O–H groups in total. The lowest BCUT2D eigenvalue weighted by Gasteiger charge is -2.25. The van der Waals surface area contributed by atoms with E-state index in [9.17, 15) is 18.0 Å². The fourth-order valence-corrected chi connectivity index (χ4v) is 5.22. The third-order valence-electron chi connectivity index (χ3n) is 5.29.